The molecule has 1 fully saturated rings. The van der Waals surface area contributed by atoms with Crippen molar-refractivity contribution in [3.8, 4) is 0 Å². The van der Waals surface area contributed by atoms with Crippen LogP contribution in [0, 0.1) is 6.92 Å². The number of carbonyl (C=O) groups is 1. The summed E-state index contributed by atoms with van der Waals surface area (Å²) in [6.45, 7) is 2.70. The van der Waals surface area contributed by atoms with Gasteiger partial charge >= 0.3 is 0 Å². The molecule has 6 nitrogen and oxygen atoms in total. The summed E-state index contributed by atoms with van der Waals surface area (Å²) < 4.78 is 26.9. The molecule has 1 heterocycles. The van der Waals surface area contributed by atoms with Gasteiger partial charge in [0.2, 0.25) is 15.9 Å². The lowest BCUT2D eigenvalue weighted by molar-refractivity contribution is -0.124. The van der Waals surface area contributed by atoms with E-state index in [1.165, 1.54) is 17.4 Å². The normalized spacial score (nSPS) is 20.2. The molecule has 0 radical (unpaired) electrons. The maximum absolute atomic E-state index is 12.9. The fourth-order valence-corrected chi connectivity index (χ4v) is 4.42. The van der Waals surface area contributed by atoms with E-state index in [4.69, 9.17) is 11.6 Å². The zero-order chi connectivity index (χ0) is 15.6. The Kier molecular flexibility index (Phi) is 4.88. The number of halogens is 1. The minimum atomic E-state index is -3.77. The zero-order valence-corrected chi connectivity index (χ0v) is 13.5. The van der Waals surface area contributed by atoms with Crippen LogP contribution in [0.3, 0.4) is 0 Å². The number of hydrogen-bond acceptors (Lipinski definition) is 4. The predicted octanol–water partition coefficient (Wildman–Crippen LogP) is 0.357. The lowest BCUT2D eigenvalue weighted by Gasteiger charge is -2.34. The van der Waals surface area contributed by atoms with Crippen molar-refractivity contribution in [2.45, 2.75) is 17.9 Å². The van der Waals surface area contributed by atoms with Crippen molar-refractivity contribution in [3.05, 3.63) is 28.8 Å². The first-order chi connectivity index (χ1) is 9.89. The molecule has 1 aliphatic heterocycles. The molecular weight excluding hydrogens is 314 g/mol. The lowest BCUT2D eigenvalue weighted by Crippen LogP contribution is -2.59. The van der Waals surface area contributed by atoms with E-state index in [1.807, 2.05) is 0 Å². The average Bonchev–Trinajstić information content (AvgIpc) is 2.49. The Morgan fingerprint density at radius 2 is 2.19 bits per heavy atom. The first-order valence-corrected chi connectivity index (χ1v) is 8.40. The molecule has 116 valence electrons. The molecule has 0 bridgehead atoms. The SMILES string of the molecule is CNC(=O)C1CNCCN1S(=O)(=O)c1cccc(Cl)c1C. The summed E-state index contributed by atoms with van der Waals surface area (Å²) in [6.07, 6.45) is 0. The monoisotopic (exact) mass is 331 g/mol. The van der Waals surface area contributed by atoms with Crippen molar-refractivity contribution < 1.29 is 13.2 Å². The molecule has 1 aromatic rings. The fraction of sp³-hybridized carbons (Fsp3) is 0.462. The molecule has 2 N–H and O–H groups in total. The largest absolute Gasteiger partial charge is 0.358 e. The van der Waals surface area contributed by atoms with E-state index in [1.54, 1.807) is 19.1 Å². The Labute approximate surface area is 129 Å². The van der Waals surface area contributed by atoms with Crippen LogP contribution in [0.15, 0.2) is 23.1 Å². The number of hydrogen-bond donors (Lipinski definition) is 2. The van der Waals surface area contributed by atoms with E-state index in [2.05, 4.69) is 10.6 Å². The topological polar surface area (TPSA) is 78.5 Å². The number of amides is 1. The highest BCUT2D eigenvalue weighted by Gasteiger charge is 2.38. The van der Waals surface area contributed by atoms with Crippen molar-refractivity contribution in [1.82, 2.24) is 14.9 Å². The number of likely N-dealkylation sites (N-methyl/N-ethyl adjacent to an activating group) is 1. The third-order valence-corrected chi connectivity index (χ3v) is 6.01. The van der Waals surface area contributed by atoms with Gasteiger partial charge in [0.05, 0.1) is 4.90 Å². The highest BCUT2D eigenvalue weighted by Crippen LogP contribution is 2.27. The molecule has 1 unspecified atom stereocenters. The van der Waals surface area contributed by atoms with E-state index in [0.717, 1.165) is 0 Å². The van der Waals surface area contributed by atoms with Crippen molar-refractivity contribution in [1.29, 1.82) is 0 Å². The van der Waals surface area contributed by atoms with Crippen LogP contribution in [0.5, 0.6) is 0 Å². The van der Waals surface area contributed by atoms with Gasteiger partial charge in [-0.15, -0.1) is 0 Å². The molecule has 0 saturated carbocycles. The number of nitrogens with one attached hydrogen (secondary N) is 2. The first-order valence-electron chi connectivity index (χ1n) is 6.59. The molecule has 0 aliphatic carbocycles. The maximum atomic E-state index is 12.9. The Morgan fingerprint density at radius 1 is 1.48 bits per heavy atom. The summed E-state index contributed by atoms with van der Waals surface area (Å²) in [7, 11) is -2.28. The third-order valence-electron chi connectivity index (χ3n) is 3.55. The molecule has 8 heteroatoms. The van der Waals surface area contributed by atoms with E-state index >= 15 is 0 Å². The van der Waals surface area contributed by atoms with Gasteiger partial charge in [0.15, 0.2) is 0 Å². The van der Waals surface area contributed by atoms with Crippen LogP contribution < -0.4 is 10.6 Å². The van der Waals surface area contributed by atoms with Gasteiger partial charge in [-0.2, -0.15) is 4.31 Å². The summed E-state index contributed by atoms with van der Waals surface area (Å²) >= 11 is 6.01. The Morgan fingerprint density at radius 3 is 2.86 bits per heavy atom. The van der Waals surface area contributed by atoms with Crippen molar-refractivity contribution >= 4 is 27.5 Å². The summed E-state index contributed by atoms with van der Waals surface area (Å²) in [4.78, 5) is 12.1. The van der Waals surface area contributed by atoms with Gasteiger partial charge in [-0.25, -0.2) is 8.42 Å². The standard InChI is InChI=1S/C13H18ClN3O3S/c1-9-10(14)4-3-5-12(9)21(19,20)17-7-6-16-8-11(17)13(18)15-2/h3-5,11,16H,6-8H2,1-2H3,(H,15,18). The second kappa shape index (κ2) is 6.31. The van der Waals surface area contributed by atoms with Crippen LogP contribution in [-0.4, -0.2) is 51.4 Å². The summed E-state index contributed by atoms with van der Waals surface area (Å²) in [5, 5.41) is 5.93. The van der Waals surface area contributed by atoms with Gasteiger partial charge in [0.1, 0.15) is 6.04 Å². The van der Waals surface area contributed by atoms with Crippen LogP contribution >= 0.6 is 11.6 Å². The van der Waals surface area contributed by atoms with Gasteiger partial charge < -0.3 is 10.6 Å². The van der Waals surface area contributed by atoms with E-state index < -0.39 is 16.1 Å². The number of rotatable bonds is 3. The first kappa shape index (κ1) is 16.2. The van der Waals surface area contributed by atoms with E-state index in [-0.39, 0.29) is 17.3 Å². The molecule has 1 aromatic carbocycles. The minimum Gasteiger partial charge on any atom is -0.358 e. The molecule has 0 spiro atoms. The molecule has 1 saturated heterocycles. The van der Waals surface area contributed by atoms with Crippen LogP contribution in [0.25, 0.3) is 0 Å². The molecule has 2 rings (SSSR count). The second-order valence-electron chi connectivity index (χ2n) is 4.81. The Hall–Kier alpha value is -1.15. The molecule has 21 heavy (non-hydrogen) atoms. The van der Waals surface area contributed by atoms with Crippen molar-refractivity contribution in [2.24, 2.45) is 0 Å². The van der Waals surface area contributed by atoms with E-state index in [9.17, 15) is 13.2 Å². The van der Waals surface area contributed by atoms with Crippen LogP contribution in [-0.2, 0) is 14.8 Å². The number of nitrogens with zero attached hydrogens (tertiary/aromatic N) is 1. The maximum Gasteiger partial charge on any atom is 0.244 e. The number of sulfonamides is 1. The predicted molar refractivity (Wildman–Crippen MR) is 80.8 cm³/mol. The Balaban J connectivity index is 2.46. The van der Waals surface area contributed by atoms with Crippen LogP contribution in [0.4, 0.5) is 0 Å². The zero-order valence-electron chi connectivity index (χ0n) is 11.9. The highest BCUT2D eigenvalue weighted by molar-refractivity contribution is 7.89. The van der Waals surface area contributed by atoms with E-state index in [0.29, 0.717) is 23.7 Å². The van der Waals surface area contributed by atoms with Crippen molar-refractivity contribution in [2.75, 3.05) is 26.7 Å². The fourth-order valence-electron chi connectivity index (χ4n) is 2.36. The van der Waals surface area contributed by atoms with Gasteiger partial charge in [-0.1, -0.05) is 17.7 Å². The highest BCUT2D eigenvalue weighted by atomic mass is 35.5. The summed E-state index contributed by atoms with van der Waals surface area (Å²) in [5.41, 5.74) is 0.494. The van der Waals surface area contributed by atoms with Gasteiger partial charge in [-0.05, 0) is 24.6 Å². The van der Waals surface area contributed by atoms with Crippen molar-refractivity contribution in [3.63, 3.8) is 0 Å². The van der Waals surface area contributed by atoms with Gasteiger partial charge in [0, 0.05) is 31.7 Å². The summed E-state index contributed by atoms with van der Waals surface area (Å²) in [6, 6.07) is 4.00. The average molecular weight is 332 g/mol. The molecule has 0 aromatic heterocycles. The second-order valence-corrected chi connectivity index (χ2v) is 7.08. The lowest BCUT2D eigenvalue weighted by atomic mass is 10.2. The van der Waals surface area contributed by atoms with Gasteiger partial charge in [0.25, 0.3) is 0 Å². The quantitative estimate of drug-likeness (QED) is 0.838. The summed E-state index contributed by atoms with van der Waals surface area (Å²) in [5.74, 6) is -0.328. The molecule has 1 amide bonds. The number of benzene rings is 1. The number of piperazine rings is 1. The van der Waals surface area contributed by atoms with Gasteiger partial charge in [-0.3, -0.25) is 4.79 Å². The third kappa shape index (κ3) is 3.06. The Bertz CT molecular complexity index is 648. The smallest absolute Gasteiger partial charge is 0.244 e. The molecular formula is C13H18ClN3O3S. The molecule has 1 atom stereocenters. The van der Waals surface area contributed by atoms with Crippen LogP contribution in [0.2, 0.25) is 5.02 Å². The minimum absolute atomic E-state index is 0.144. The molecule has 1 aliphatic rings. The van der Waals surface area contributed by atoms with Crippen LogP contribution in [0.1, 0.15) is 5.56 Å². The number of carbonyl (C=O) groups excluding carboxylic acids is 1.